The van der Waals surface area contributed by atoms with Crippen molar-refractivity contribution in [2.75, 3.05) is 0 Å². The van der Waals surface area contributed by atoms with Crippen molar-refractivity contribution >= 4 is 35.6 Å². The second-order valence-electron chi connectivity index (χ2n) is 5.79. The zero-order valence-corrected chi connectivity index (χ0v) is 15.4. The summed E-state index contributed by atoms with van der Waals surface area (Å²) in [6, 6.07) is 15.0. The standard InChI is InChI=1S/C19H13N3O3S2/c23-17-14(10-15-20-12-8-4-5-9-13(12)21-15)27-19(26)22(17)16(18(24)25)11-6-2-1-3-7-11/h1-10,16,23H,(H,24,25)/t16-/m1/s1. The molecule has 2 heterocycles. The van der Waals surface area contributed by atoms with E-state index in [-0.39, 0.29) is 9.83 Å². The van der Waals surface area contributed by atoms with E-state index in [2.05, 4.69) is 9.98 Å². The van der Waals surface area contributed by atoms with Gasteiger partial charge in [0.15, 0.2) is 15.8 Å². The Labute approximate surface area is 162 Å². The molecule has 3 aromatic rings. The van der Waals surface area contributed by atoms with Crippen molar-refractivity contribution < 1.29 is 15.0 Å². The molecule has 2 aromatic carbocycles. The normalized spacial score (nSPS) is 13.4. The van der Waals surface area contributed by atoms with Crippen molar-refractivity contribution in [2.45, 2.75) is 6.04 Å². The van der Waals surface area contributed by atoms with Crippen LogP contribution in [0.4, 0.5) is 0 Å². The smallest absolute Gasteiger partial charge is 0.331 e. The Morgan fingerprint density at radius 2 is 1.67 bits per heavy atom. The zero-order chi connectivity index (χ0) is 19.0. The molecule has 4 rings (SSSR count). The number of aliphatic carboxylic acids is 1. The second-order valence-corrected chi connectivity index (χ2v) is 7.47. The predicted octanol–water partition coefficient (Wildman–Crippen LogP) is 2.91. The van der Waals surface area contributed by atoms with Crippen LogP contribution in [0.5, 0.6) is 5.88 Å². The fraction of sp³-hybridized carbons (Fsp3) is 0.0526. The highest BCUT2D eigenvalue weighted by Crippen LogP contribution is 2.34. The van der Waals surface area contributed by atoms with E-state index in [4.69, 9.17) is 12.2 Å². The topological polar surface area (TPSA) is 87.2 Å². The van der Waals surface area contributed by atoms with E-state index in [1.54, 1.807) is 36.4 Å². The maximum atomic E-state index is 11.9. The van der Waals surface area contributed by atoms with E-state index in [1.807, 2.05) is 24.3 Å². The largest absolute Gasteiger partial charge is 0.493 e. The summed E-state index contributed by atoms with van der Waals surface area (Å²) in [5.74, 6) is -0.885. The van der Waals surface area contributed by atoms with Crippen LogP contribution in [0.1, 0.15) is 16.5 Å². The first-order chi connectivity index (χ1) is 13.0. The number of rotatable bonds is 4. The summed E-state index contributed by atoms with van der Waals surface area (Å²) in [5.41, 5.74) is 0.524. The van der Waals surface area contributed by atoms with Crippen molar-refractivity contribution in [3.63, 3.8) is 0 Å². The Bertz CT molecular complexity index is 1210. The second kappa shape index (κ2) is 6.90. The number of nitrogens with zero attached hydrogens (tertiary/aromatic N) is 3. The first kappa shape index (κ1) is 17.3. The SMILES string of the molecule is O=C(O)[C@@H](c1ccccc1)n1c(O)c(C=C2N=c3ccccc3=N2)sc1=S. The zero-order valence-electron chi connectivity index (χ0n) is 13.8. The molecule has 27 heavy (non-hydrogen) atoms. The molecule has 1 atom stereocenters. The van der Waals surface area contributed by atoms with Gasteiger partial charge in [0.1, 0.15) is 0 Å². The lowest BCUT2D eigenvalue weighted by Crippen LogP contribution is -2.20. The number of carboxylic acid groups (broad SMARTS) is 1. The summed E-state index contributed by atoms with van der Waals surface area (Å²) in [7, 11) is 0. The number of hydrogen-bond donors (Lipinski definition) is 2. The van der Waals surface area contributed by atoms with Crippen molar-refractivity contribution in [1.29, 1.82) is 0 Å². The summed E-state index contributed by atoms with van der Waals surface area (Å²) < 4.78 is 1.50. The highest BCUT2D eigenvalue weighted by atomic mass is 32.1. The fourth-order valence-electron chi connectivity index (χ4n) is 2.86. The number of para-hydroxylation sites is 2. The lowest BCUT2D eigenvalue weighted by atomic mass is 10.1. The highest BCUT2D eigenvalue weighted by molar-refractivity contribution is 7.73. The minimum absolute atomic E-state index is 0.213. The lowest BCUT2D eigenvalue weighted by Gasteiger charge is -2.15. The third kappa shape index (κ3) is 3.20. The van der Waals surface area contributed by atoms with Crippen LogP contribution in [-0.4, -0.2) is 20.7 Å². The molecule has 1 aromatic heterocycles. The van der Waals surface area contributed by atoms with Crippen molar-refractivity contribution in [2.24, 2.45) is 9.98 Å². The third-order valence-electron chi connectivity index (χ3n) is 4.06. The summed E-state index contributed by atoms with van der Waals surface area (Å²) in [6.45, 7) is 0. The minimum Gasteiger partial charge on any atom is -0.493 e. The Kier molecular flexibility index (Phi) is 4.43. The van der Waals surface area contributed by atoms with Crippen LogP contribution >= 0.6 is 23.6 Å². The van der Waals surface area contributed by atoms with Gasteiger partial charge in [-0.1, -0.05) is 42.5 Å². The molecule has 6 nitrogen and oxygen atoms in total. The van der Waals surface area contributed by atoms with Crippen molar-refractivity contribution in [3.05, 3.63) is 85.5 Å². The van der Waals surface area contributed by atoms with Crippen LogP contribution in [0, 0.1) is 3.95 Å². The molecule has 0 bridgehead atoms. The first-order valence-corrected chi connectivity index (χ1v) is 9.23. The molecular formula is C19H13N3O3S2. The van der Waals surface area contributed by atoms with Crippen LogP contribution in [0.2, 0.25) is 0 Å². The number of carboxylic acids is 1. The number of thiazole rings is 1. The van der Waals surface area contributed by atoms with E-state index in [0.717, 1.165) is 22.1 Å². The van der Waals surface area contributed by atoms with E-state index in [0.29, 0.717) is 16.3 Å². The Balaban J connectivity index is 1.81. The number of fused-ring (bicyclic) bond motifs is 1. The first-order valence-electron chi connectivity index (χ1n) is 8.01. The molecular weight excluding hydrogens is 382 g/mol. The van der Waals surface area contributed by atoms with E-state index in [9.17, 15) is 15.0 Å². The van der Waals surface area contributed by atoms with E-state index in [1.165, 1.54) is 4.57 Å². The summed E-state index contributed by atoms with van der Waals surface area (Å²) >= 11 is 6.45. The molecule has 1 aliphatic rings. The molecule has 134 valence electrons. The van der Waals surface area contributed by atoms with Gasteiger partial charge in [-0.25, -0.2) is 14.8 Å². The number of benzene rings is 2. The lowest BCUT2D eigenvalue weighted by molar-refractivity contribution is -0.139. The maximum Gasteiger partial charge on any atom is 0.331 e. The number of aromatic hydroxyl groups is 1. The van der Waals surface area contributed by atoms with Crippen LogP contribution in [0.15, 0.2) is 70.4 Å². The molecule has 0 saturated heterocycles. The molecule has 0 radical (unpaired) electrons. The maximum absolute atomic E-state index is 11.9. The van der Waals surface area contributed by atoms with Crippen molar-refractivity contribution in [1.82, 2.24) is 4.57 Å². The molecule has 2 N–H and O–H groups in total. The van der Waals surface area contributed by atoms with Gasteiger partial charge in [-0.15, -0.1) is 11.3 Å². The summed E-state index contributed by atoms with van der Waals surface area (Å²) in [6.07, 6.45) is 1.61. The minimum atomic E-state index is -1.11. The number of aromatic nitrogens is 1. The van der Waals surface area contributed by atoms with Gasteiger partial charge in [-0.3, -0.25) is 4.57 Å². The third-order valence-corrected chi connectivity index (χ3v) is 5.40. The predicted molar refractivity (Wildman–Crippen MR) is 104 cm³/mol. The highest BCUT2D eigenvalue weighted by Gasteiger charge is 2.27. The van der Waals surface area contributed by atoms with Gasteiger partial charge in [0.25, 0.3) is 0 Å². The van der Waals surface area contributed by atoms with Gasteiger partial charge >= 0.3 is 5.97 Å². The van der Waals surface area contributed by atoms with Crippen LogP contribution in [0.3, 0.4) is 0 Å². The molecule has 8 heteroatoms. The monoisotopic (exact) mass is 395 g/mol. The van der Waals surface area contributed by atoms with Crippen molar-refractivity contribution in [3.8, 4) is 5.88 Å². The quantitative estimate of drug-likeness (QED) is 0.665. The van der Waals surface area contributed by atoms with Crippen LogP contribution in [0.25, 0.3) is 6.08 Å². The van der Waals surface area contributed by atoms with Gasteiger partial charge < -0.3 is 10.2 Å². The number of hydrogen-bond acceptors (Lipinski definition) is 6. The van der Waals surface area contributed by atoms with Gasteiger partial charge in [0, 0.05) is 6.08 Å². The average molecular weight is 395 g/mol. The van der Waals surface area contributed by atoms with Crippen LogP contribution in [-0.2, 0) is 4.79 Å². The molecule has 0 aliphatic carbocycles. The Morgan fingerprint density at radius 1 is 1.07 bits per heavy atom. The number of carbonyl (C=O) groups is 1. The van der Waals surface area contributed by atoms with Gasteiger partial charge in [-0.05, 0) is 29.9 Å². The fourth-order valence-corrected chi connectivity index (χ4v) is 4.15. The van der Waals surface area contributed by atoms with Crippen LogP contribution < -0.4 is 10.7 Å². The molecule has 0 saturated carbocycles. The molecule has 1 aliphatic heterocycles. The average Bonchev–Trinajstić information content (AvgIpc) is 3.18. The van der Waals surface area contributed by atoms with Gasteiger partial charge in [0.05, 0.1) is 15.6 Å². The van der Waals surface area contributed by atoms with E-state index >= 15 is 0 Å². The Hall–Kier alpha value is -3.10. The summed E-state index contributed by atoms with van der Waals surface area (Å²) in [4.78, 5) is 21.1. The summed E-state index contributed by atoms with van der Waals surface area (Å²) in [5, 5.41) is 21.9. The molecule has 0 spiro atoms. The van der Waals surface area contributed by atoms with E-state index < -0.39 is 12.0 Å². The Morgan fingerprint density at radius 3 is 2.26 bits per heavy atom. The van der Waals surface area contributed by atoms with Gasteiger partial charge in [0.2, 0.25) is 5.88 Å². The van der Waals surface area contributed by atoms with Gasteiger partial charge in [-0.2, -0.15) is 0 Å². The molecule has 0 fully saturated rings. The molecule has 0 unspecified atom stereocenters. The molecule has 0 amide bonds.